The standard InChI is InChI=1S/C17H12BrNO2/c18-10-13-15(17(20)21)12-8-4-5-9-14(12)19-16(13)11-6-2-1-3-7-11/h1-9H,10H2,(H,20,21)/p-1. The molecule has 0 N–H and O–H groups in total. The second kappa shape index (κ2) is 5.66. The second-order valence-corrected chi connectivity index (χ2v) is 5.18. The highest BCUT2D eigenvalue weighted by Crippen LogP contribution is 2.31. The summed E-state index contributed by atoms with van der Waals surface area (Å²) in [6.07, 6.45) is 0. The molecule has 3 aromatic rings. The molecule has 0 saturated carbocycles. The van der Waals surface area contributed by atoms with Crippen molar-refractivity contribution in [2.75, 3.05) is 0 Å². The summed E-state index contributed by atoms with van der Waals surface area (Å²) < 4.78 is 0. The number of pyridine rings is 1. The second-order valence-electron chi connectivity index (χ2n) is 4.62. The number of fused-ring (bicyclic) bond motifs is 1. The summed E-state index contributed by atoms with van der Waals surface area (Å²) in [5, 5.41) is 12.6. The Bertz CT molecular complexity index is 816. The lowest BCUT2D eigenvalue weighted by molar-refractivity contribution is -0.254. The summed E-state index contributed by atoms with van der Waals surface area (Å²) in [7, 11) is 0. The van der Waals surface area contributed by atoms with Gasteiger partial charge in [-0.1, -0.05) is 64.5 Å². The summed E-state index contributed by atoms with van der Waals surface area (Å²) in [5.74, 6) is -1.18. The third-order valence-electron chi connectivity index (χ3n) is 3.38. The first-order valence-electron chi connectivity index (χ1n) is 6.46. The third kappa shape index (κ3) is 2.43. The van der Waals surface area contributed by atoms with Crippen LogP contribution in [0.25, 0.3) is 22.2 Å². The van der Waals surface area contributed by atoms with E-state index in [9.17, 15) is 9.90 Å². The van der Waals surface area contributed by atoms with Gasteiger partial charge in [0, 0.05) is 21.8 Å². The van der Waals surface area contributed by atoms with Crippen molar-refractivity contribution in [1.82, 2.24) is 4.98 Å². The van der Waals surface area contributed by atoms with Gasteiger partial charge in [0.1, 0.15) is 0 Å². The van der Waals surface area contributed by atoms with E-state index in [1.54, 1.807) is 12.1 Å². The largest absolute Gasteiger partial charge is 0.545 e. The van der Waals surface area contributed by atoms with Crippen LogP contribution in [0, 0.1) is 0 Å². The number of benzene rings is 2. The minimum atomic E-state index is -1.18. The number of nitrogens with zero attached hydrogens (tertiary/aromatic N) is 1. The molecule has 1 heterocycles. The zero-order valence-electron chi connectivity index (χ0n) is 11.0. The Morgan fingerprint density at radius 3 is 2.38 bits per heavy atom. The maximum atomic E-state index is 11.6. The lowest BCUT2D eigenvalue weighted by Gasteiger charge is -2.16. The van der Waals surface area contributed by atoms with E-state index in [0.717, 1.165) is 5.56 Å². The molecule has 0 aliphatic rings. The summed E-state index contributed by atoms with van der Waals surface area (Å²) in [6.45, 7) is 0. The molecule has 0 atom stereocenters. The van der Waals surface area contributed by atoms with Crippen LogP contribution in [0.4, 0.5) is 0 Å². The Morgan fingerprint density at radius 2 is 1.71 bits per heavy atom. The molecule has 0 fully saturated rings. The Balaban J connectivity index is 2.43. The number of para-hydroxylation sites is 1. The Labute approximate surface area is 130 Å². The molecule has 0 bridgehead atoms. The molecule has 3 nitrogen and oxygen atoms in total. The molecule has 21 heavy (non-hydrogen) atoms. The van der Waals surface area contributed by atoms with Crippen LogP contribution in [-0.4, -0.2) is 11.0 Å². The van der Waals surface area contributed by atoms with Gasteiger partial charge in [-0.15, -0.1) is 0 Å². The lowest BCUT2D eigenvalue weighted by atomic mass is 9.98. The molecule has 3 rings (SSSR count). The molecule has 1 aromatic heterocycles. The van der Waals surface area contributed by atoms with Gasteiger partial charge < -0.3 is 9.90 Å². The van der Waals surface area contributed by atoms with Crippen molar-refractivity contribution >= 4 is 32.8 Å². The molecule has 0 aliphatic heterocycles. The summed E-state index contributed by atoms with van der Waals surface area (Å²) in [4.78, 5) is 16.3. The highest BCUT2D eigenvalue weighted by atomic mass is 79.9. The number of hydrogen-bond acceptors (Lipinski definition) is 3. The van der Waals surface area contributed by atoms with Crippen molar-refractivity contribution in [3.63, 3.8) is 0 Å². The number of carboxylic acid groups (broad SMARTS) is 1. The monoisotopic (exact) mass is 340 g/mol. The summed E-state index contributed by atoms with van der Waals surface area (Å²) >= 11 is 3.38. The SMILES string of the molecule is O=C([O-])c1c(CBr)c(-c2ccccc2)nc2ccccc12. The fourth-order valence-corrected chi connectivity index (χ4v) is 3.00. The predicted octanol–water partition coefficient (Wildman–Crippen LogP) is 3.16. The molecule has 2 aromatic carbocycles. The fraction of sp³-hybridized carbons (Fsp3) is 0.0588. The Hall–Kier alpha value is -2.20. The predicted molar refractivity (Wildman–Crippen MR) is 84.1 cm³/mol. The summed E-state index contributed by atoms with van der Waals surface area (Å²) in [6, 6.07) is 16.8. The van der Waals surface area contributed by atoms with E-state index in [2.05, 4.69) is 20.9 Å². The highest BCUT2D eigenvalue weighted by molar-refractivity contribution is 9.08. The number of halogens is 1. The number of carbonyl (C=O) groups excluding carboxylic acids is 1. The Morgan fingerprint density at radius 1 is 1.05 bits per heavy atom. The first kappa shape index (κ1) is 13.8. The smallest absolute Gasteiger partial charge is 0.0756 e. The molecule has 0 radical (unpaired) electrons. The van der Waals surface area contributed by atoms with Crippen LogP contribution in [0.5, 0.6) is 0 Å². The normalized spacial score (nSPS) is 10.7. The number of aromatic carboxylic acids is 1. The van der Waals surface area contributed by atoms with Gasteiger partial charge in [-0.25, -0.2) is 4.98 Å². The van der Waals surface area contributed by atoms with E-state index in [1.807, 2.05) is 42.5 Å². The minimum absolute atomic E-state index is 0.205. The zero-order valence-corrected chi connectivity index (χ0v) is 12.6. The van der Waals surface area contributed by atoms with Crippen LogP contribution < -0.4 is 5.11 Å². The van der Waals surface area contributed by atoms with Gasteiger partial charge in [-0.2, -0.15) is 0 Å². The molecular weight excluding hydrogens is 330 g/mol. The molecular formula is C17H11BrNO2-. The number of alkyl halides is 1. The van der Waals surface area contributed by atoms with Crippen LogP contribution in [0.2, 0.25) is 0 Å². The van der Waals surface area contributed by atoms with Gasteiger partial charge in [-0.05, 0) is 11.6 Å². The Kier molecular flexibility index (Phi) is 3.71. The van der Waals surface area contributed by atoms with Crippen LogP contribution in [0.1, 0.15) is 15.9 Å². The van der Waals surface area contributed by atoms with Crippen molar-refractivity contribution in [1.29, 1.82) is 0 Å². The number of carboxylic acids is 1. The van der Waals surface area contributed by atoms with Crippen molar-refractivity contribution in [2.45, 2.75) is 5.33 Å². The van der Waals surface area contributed by atoms with E-state index in [1.165, 1.54) is 0 Å². The van der Waals surface area contributed by atoms with Crippen molar-refractivity contribution in [2.24, 2.45) is 0 Å². The van der Waals surface area contributed by atoms with E-state index >= 15 is 0 Å². The first-order chi connectivity index (χ1) is 10.2. The fourth-order valence-electron chi connectivity index (χ4n) is 2.45. The summed E-state index contributed by atoms with van der Waals surface area (Å²) in [5.41, 5.74) is 3.06. The van der Waals surface area contributed by atoms with Crippen molar-refractivity contribution in [3.05, 3.63) is 65.7 Å². The van der Waals surface area contributed by atoms with Gasteiger partial charge in [0.2, 0.25) is 0 Å². The van der Waals surface area contributed by atoms with Gasteiger partial charge in [0.25, 0.3) is 0 Å². The number of rotatable bonds is 3. The lowest BCUT2D eigenvalue weighted by Crippen LogP contribution is -2.24. The van der Waals surface area contributed by atoms with Crippen molar-refractivity contribution in [3.8, 4) is 11.3 Å². The maximum Gasteiger partial charge on any atom is 0.0756 e. The van der Waals surface area contributed by atoms with E-state index in [-0.39, 0.29) is 5.56 Å². The molecule has 0 unspecified atom stereocenters. The number of carbonyl (C=O) groups is 1. The molecule has 0 aliphatic carbocycles. The van der Waals surface area contributed by atoms with Gasteiger partial charge in [0.15, 0.2) is 0 Å². The average molecular weight is 341 g/mol. The van der Waals surface area contributed by atoms with Gasteiger partial charge in [0.05, 0.1) is 17.2 Å². The molecule has 0 saturated heterocycles. The van der Waals surface area contributed by atoms with Crippen LogP contribution in [-0.2, 0) is 5.33 Å². The minimum Gasteiger partial charge on any atom is -0.545 e. The molecule has 4 heteroatoms. The highest BCUT2D eigenvalue weighted by Gasteiger charge is 2.15. The van der Waals surface area contributed by atoms with Crippen LogP contribution in [0.15, 0.2) is 54.6 Å². The zero-order chi connectivity index (χ0) is 14.8. The maximum absolute atomic E-state index is 11.6. The van der Waals surface area contributed by atoms with Gasteiger partial charge in [-0.3, -0.25) is 0 Å². The average Bonchev–Trinajstić information content (AvgIpc) is 2.53. The van der Waals surface area contributed by atoms with Gasteiger partial charge >= 0.3 is 0 Å². The topological polar surface area (TPSA) is 53.0 Å². The molecule has 0 amide bonds. The first-order valence-corrected chi connectivity index (χ1v) is 7.59. The molecule has 0 spiro atoms. The van der Waals surface area contributed by atoms with Crippen LogP contribution in [0.3, 0.4) is 0 Å². The van der Waals surface area contributed by atoms with Crippen molar-refractivity contribution < 1.29 is 9.90 Å². The number of aromatic nitrogens is 1. The van der Waals surface area contributed by atoms with E-state index < -0.39 is 5.97 Å². The van der Waals surface area contributed by atoms with Crippen LogP contribution >= 0.6 is 15.9 Å². The quantitative estimate of drug-likeness (QED) is 0.688. The van der Waals surface area contributed by atoms with E-state index in [0.29, 0.717) is 27.5 Å². The molecule has 104 valence electrons. The van der Waals surface area contributed by atoms with E-state index in [4.69, 9.17) is 0 Å². The third-order valence-corrected chi connectivity index (χ3v) is 3.94. The number of hydrogen-bond donors (Lipinski definition) is 0.